The fraction of sp³-hybridized carbons (Fsp3) is 0.444. The molecule has 72 valence electrons. The highest BCUT2D eigenvalue weighted by Gasteiger charge is 2.04. The summed E-state index contributed by atoms with van der Waals surface area (Å²) in [6.07, 6.45) is 1.85. The molecule has 0 aromatic carbocycles. The van der Waals surface area contributed by atoms with E-state index in [4.69, 9.17) is 10.3 Å². The molecule has 0 amide bonds. The van der Waals surface area contributed by atoms with Crippen LogP contribution in [0.2, 0.25) is 0 Å². The minimum Gasteiger partial charge on any atom is -0.360 e. The summed E-state index contributed by atoms with van der Waals surface area (Å²) in [5.41, 5.74) is 6.19. The van der Waals surface area contributed by atoms with Crippen LogP contribution >= 0.6 is 0 Å². The molecule has 0 atom stereocenters. The first kappa shape index (κ1) is 9.95. The molecule has 0 aliphatic carbocycles. The lowest BCUT2D eigenvalue weighted by Crippen LogP contribution is -2.16. The molecule has 1 heterocycles. The van der Waals surface area contributed by atoms with Gasteiger partial charge in [0.25, 0.3) is 0 Å². The summed E-state index contributed by atoms with van der Waals surface area (Å²) in [6, 6.07) is 1.87. The highest BCUT2D eigenvalue weighted by molar-refractivity contribution is 5.04. The number of aromatic nitrogens is 1. The van der Waals surface area contributed by atoms with Crippen LogP contribution in [-0.2, 0) is 13.1 Å². The van der Waals surface area contributed by atoms with Gasteiger partial charge in [0, 0.05) is 19.2 Å². The average molecular weight is 181 g/mol. The van der Waals surface area contributed by atoms with Crippen LogP contribution in [0.15, 0.2) is 23.2 Å². The van der Waals surface area contributed by atoms with E-state index >= 15 is 0 Å². The quantitative estimate of drug-likeness (QED) is 0.681. The third-order valence-corrected chi connectivity index (χ3v) is 1.68. The molecule has 2 N–H and O–H groups in total. The first-order chi connectivity index (χ1) is 6.26. The highest BCUT2D eigenvalue weighted by atomic mass is 16.5. The number of likely N-dealkylation sites (N-methyl/N-ethyl adjacent to an activating group) is 1. The number of hydrogen-bond donors (Lipinski definition) is 1. The van der Waals surface area contributed by atoms with Crippen LogP contribution in [0, 0.1) is 0 Å². The summed E-state index contributed by atoms with van der Waals surface area (Å²) in [6.45, 7) is 5.65. The van der Waals surface area contributed by atoms with Gasteiger partial charge >= 0.3 is 0 Å². The third kappa shape index (κ3) is 3.01. The second kappa shape index (κ2) is 4.79. The van der Waals surface area contributed by atoms with Gasteiger partial charge in [-0.05, 0) is 7.05 Å². The Morgan fingerprint density at radius 3 is 3.08 bits per heavy atom. The van der Waals surface area contributed by atoms with Crippen molar-refractivity contribution in [3.05, 3.63) is 30.2 Å². The van der Waals surface area contributed by atoms with Crippen molar-refractivity contribution >= 4 is 0 Å². The molecule has 0 unspecified atom stereocenters. The Bertz CT molecular complexity index is 270. The van der Waals surface area contributed by atoms with E-state index in [1.807, 2.05) is 19.2 Å². The van der Waals surface area contributed by atoms with Gasteiger partial charge in [-0.15, -0.1) is 6.58 Å². The summed E-state index contributed by atoms with van der Waals surface area (Å²) in [7, 11) is 1.99. The van der Waals surface area contributed by atoms with Gasteiger partial charge in [-0.25, -0.2) is 0 Å². The summed E-state index contributed by atoms with van der Waals surface area (Å²) in [4.78, 5) is 2.08. The van der Waals surface area contributed by atoms with Crippen LogP contribution in [0.25, 0.3) is 0 Å². The fourth-order valence-corrected chi connectivity index (χ4v) is 1.08. The van der Waals surface area contributed by atoms with Crippen molar-refractivity contribution in [2.24, 2.45) is 5.73 Å². The molecule has 1 rings (SSSR count). The van der Waals surface area contributed by atoms with Crippen LogP contribution in [0.5, 0.6) is 0 Å². The molecule has 0 fully saturated rings. The van der Waals surface area contributed by atoms with Crippen LogP contribution in [0.1, 0.15) is 11.5 Å². The Morgan fingerprint density at radius 2 is 2.54 bits per heavy atom. The number of hydrogen-bond acceptors (Lipinski definition) is 4. The topological polar surface area (TPSA) is 55.3 Å². The van der Waals surface area contributed by atoms with Crippen molar-refractivity contribution in [2.75, 3.05) is 13.6 Å². The molecule has 0 aliphatic heterocycles. The molecule has 0 radical (unpaired) electrons. The van der Waals surface area contributed by atoms with E-state index in [1.54, 1.807) is 0 Å². The van der Waals surface area contributed by atoms with Crippen LogP contribution < -0.4 is 5.73 Å². The van der Waals surface area contributed by atoms with Crippen molar-refractivity contribution < 1.29 is 4.52 Å². The van der Waals surface area contributed by atoms with E-state index in [-0.39, 0.29) is 0 Å². The number of nitrogens with zero attached hydrogens (tertiary/aromatic N) is 2. The average Bonchev–Trinajstić information content (AvgIpc) is 2.52. The molecule has 4 heteroatoms. The minimum atomic E-state index is 0.425. The zero-order chi connectivity index (χ0) is 9.68. The SMILES string of the molecule is C=CCN(C)Cc1cc(CN)no1. The zero-order valence-corrected chi connectivity index (χ0v) is 7.86. The second-order valence-electron chi connectivity index (χ2n) is 2.97. The standard InChI is InChI=1S/C9H15N3O/c1-3-4-12(2)7-9-5-8(6-10)11-13-9/h3,5H,1,4,6-7,10H2,2H3. The summed E-state index contributed by atoms with van der Waals surface area (Å²) < 4.78 is 5.07. The molecular formula is C9H15N3O. The first-order valence-electron chi connectivity index (χ1n) is 4.20. The number of nitrogens with two attached hydrogens (primary N) is 1. The molecule has 1 aromatic rings. The van der Waals surface area contributed by atoms with Crippen molar-refractivity contribution in [1.29, 1.82) is 0 Å². The Morgan fingerprint density at radius 1 is 1.77 bits per heavy atom. The molecule has 0 bridgehead atoms. The molecule has 1 aromatic heterocycles. The molecular weight excluding hydrogens is 166 g/mol. The Kier molecular flexibility index (Phi) is 3.67. The van der Waals surface area contributed by atoms with Crippen LogP contribution in [0.4, 0.5) is 0 Å². The molecule has 0 aliphatic rings. The van der Waals surface area contributed by atoms with Crippen molar-refractivity contribution in [1.82, 2.24) is 10.1 Å². The van der Waals surface area contributed by atoms with Gasteiger partial charge in [0.05, 0.1) is 12.2 Å². The van der Waals surface area contributed by atoms with E-state index in [2.05, 4.69) is 16.6 Å². The van der Waals surface area contributed by atoms with E-state index in [9.17, 15) is 0 Å². The molecule has 0 spiro atoms. The lowest BCUT2D eigenvalue weighted by Gasteiger charge is -2.10. The summed E-state index contributed by atoms with van der Waals surface area (Å²) in [5, 5.41) is 3.80. The maximum absolute atomic E-state index is 5.40. The van der Waals surface area contributed by atoms with Gasteiger partial charge in [-0.1, -0.05) is 11.2 Å². The van der Waals surface area contributed by atoms with Gasteiger partial charge < -0.3 is 10.3 Å². The predicted molar refractivity (Wildman–Crippen MR) is 50.9 cm³/mol. The van der Waals surface area contributed by atoms with Gasteiger partial charge in [-0.3, -0.25) is 4.90 Å². The smallest absolute Gasteiger partial charge is 0.151 e. The second-order valence-corrected chi connectivity index (χ2v) is 2.97. The number of rotatable bonds is 5. The van der Waals surface area contributed by atoms with Crippen molar-refractivity contribution in [2.45, 2.75) is 13.1 Å². The van der Waals surface area contributed by atoms with E-state index in [0.717, 1.165) is 24.5 Å². The van der Waals surface area contributed by atoms with E-state index in [1.165, 1.54) is 0 Å². The lowest BCUT2D eigenvalue weighted by atomic mass is 10.3. The van der Waals surface area contributed by atoms with Crippen molar-refractivity contribution in [3.63, 3.8) is 0 Å². The van der Waals surface area contributed by atoms with Crippen LogP contribution in [-0.4, -0.2) is 23.6 Å². The Balaban J connectivity index is 2.48. The molecule has 13 heavy (non-hydrogen) atoms. The molecule has 0 saturated carbocycles. The highest BCUT2D eigenvalue weighted by Crippen LogP contribution is 2.05. The first-order valence-corrected chi connectivity index (χ1v) is 4.20. The Hall–Kier alpha value is -1.13. The lowest BCUT2D eigenvalue weighted by molar-refractivity contribution is 0.290. The van der Waals surface area contributed by atoms with Gasteiger partial charge in [0.2, 0.25) is 0 Å². The summed E-state index contributed by atoms with van der Waals surface area (Å²) >= 11 is 0. The van der Waals surface area contributed by atoms with Gasteiger partial charge in [-0.2, -0.15) is 0 Å². The normalized spacial score (nSPS) is 10.7. The minimum absolute atomic E-state index is 0.425. The van der Waals surface area contributed by atoms with Gasteiger partial charge in [0.1, 0.15) is 0 Å². The largest absolute Gasteiger partial charge is 0.360 e. The maximum Gasteiger partial charge on any atom is 0.151 e. The van der Waals surface area contributed by atoms with E-state index in [0.29, 0.717) is 6.54 Å². The predicted octanol–water partition coefficient (Wildman–Crippen LogP) is 0.751. The van der Waals surface area contributed by atoms with Crippen LogP contribution in [0.3, 0.4) is 0 Å². The third-order valence-electron chi connectivity index (χ3n) is 1.68. The van der Waals surface area contributed by atoms with E-state index < -0.39 is 0 Å². The fourth-order valence-electron chi connectivity index (χ4n) is 1.08. The van der Waals surface area contributed by atoms with Gasteiger partial charge in [0.15, 0.2) is 5.76 Å². The molecule has 0 saturated heterocycles. The molecule has 4 nitrogen and oxygen atoms in total. The maximum atomic E-state index is 5.40. The Labute approximate surface area is 78.0 Å². The van der Waals surface area contributed by atoms with Crippen molar-refractivity contribution in [3.8, 4) is 0 Å². The summed E-state index contributed by atoms with van der Waals surface area (Å²) in [5.74, 6) is 0.838. The monoisotopic (exact) mass is 181 g/mol. The zero-order valence-electron chi connectivity index (χ0n) is 7.86.